The van der Waals surface area contributed by atoms with Crippen LogP contribution in [0, 0.1) is 0 Å². The van der Waals surface area contributed by atoms with Crippen molar-refractivity contribution in [2.24, 2.45) is 0 Å². The molecule has 0 atom stereocenters. The second-order valence-corrected chi connectivity index (χ2v) is 20.2. The molecule has 10 aromatic carbocycles. The fraction of sp³-hybridized carbons (Fsp3) is 0.0909. The van der Waals surface area contributed by atoms with Crippen LogP contribution < -0.4 is 0 Å². The average molecular weight is 948 g/mol. The molecule has 1 N–H and O–H groups in total. The number of rotatable bonds is 3. The largest absolute Gasteiger partial charge is 0.355 e. The van der Waals surface area contributed by atoms with Crippen molar-refractivity contribution in [3.05, 3.63) is 255 Å². The van der Waals surface area contributed by atoms with Gasteiger partial charge in [-0.25, -0.2) is 0 Å². The Morgan fingerprint density at radius 3 is 1.46 bits per heavy atom. The minimum Gasteiger partial charge on any atom is -0.355 e. The molecule has 12 aromatic rings. The van der Waals surface area contributed by atoms with Gasteiger partial charge in [0.2, 0.25) is 0 Å². The summed E-state index contributed by atoms with van der Waals surface area (Å²) in [5.74, 6) is 0. The van der Waals surface area contributed by atoms with Gasteiger partial charge >= 0.3 is 0 Å². The van der Waals surface area contributed by atoms with Crippen molar-refractivity contribution in [3.63, 3.8) is 0 Å². The maximum absolute atomic E-state index is 3.51. The molecule has 328 valence electrons. The highest BCUT2D eigenvalue weighted by Crippen LogP contribution is 2.42. The fourth-order valence-corrected chi connectivity index (χ4v) is 12.0. The zero-order valence-electron chi connectivity index (χ0n) is 38.2. The molecule has 4 aliphatic carbocycles. The number of H-pyrrole nitrogens is 1. The van der Waals surface area contributed by atoms with Crippen molar-refractivity contribution >= 4 is 59.5 Å². The van der Waals surface area contributed by atoms with Crippen LogP contribution in [0.25, 0.3) is 93.8 Å². The average Bonchev–Trinajstić information content (AvgIpc) is 4.14. The second kappa shape index (κ2) is 16.2. The van der Waals surface area contributed by atoms with Crippen LogP contribution in [-0.4, -0.2) is 9.55 Å². The van der Waals surface area contributed by atoms with Crippen LogP contribution in [0.2, 0.25) is 0 Å². The first kappa shape index (κ1) is 40.4. The number of hydrogen-bond acceptors (Lipinski definition) is 0. The van der Waals surface area contributed by atoms with E-state index in [-0.39, 0.29) is 0 Å². The molecule has 0 radical (unpaired) electrons. The van der Waals surface area contributed by atoms with Crippen molar-refractivity contribution in [1.29, 1.82) is 0 Å². The van der Waals surface area contributed by atoms with E-state index in [1.807, 2.05) is 0 Å². The van der Waals surface area contributed by atoms with Crippen LogP contribution in [-0.2, 0) is 38.5 Å². The quantitative estimate of drug-likeness (QED) is 0.182. The first-order valence-electron chi connectivity index (χ1n) is 24.4. The highest BCUT2D eigenvalue weighted by atomic mass is 79.9. The summed E-state index contributed by atoms with van der Waals surface area (Å²) in [5.41, 5.74) is 28.7. The van der Waals surface area contributed by atoms with E-state index in [2.05, 4.69) is 232 Å². The van der Waals surface area contributed by atoms with Crippen molar-refractivity contribution in [2.45, 2.75) is 38.5 Å². The molecule has 69 heavy (non-hydrogen) atoms. The molecule has 2 heterocycles. The molecule has 2 aromatic heterocycles. The number of nitrogens with one attached hydrogen (secondary N) is 1. The summed E-state index contributed by atoms with van der Waals surface area (Å²) in [6.45, 7) is 0. The lowest BCUT2D eigenvalue weighted by atomic mass is 9.88. The SMILES string of the molecule is Brc1ccc2c(c1)CC2.c1ccc2c(c1)Cc1ccc(-c3ccc4[nH]c5ccccc5c4c3)cc1-2.c1ccc2c(c1)Cc1ccc(-c3ccc4c(c3)c3ccccc3n4-c3ccc4c(c3)CC4)cc1-2. The van der Waals surface area contributed by atoms with Crippen molar-refractivity contribution in [3.8, 4) is 50.2 Å². The van der Waals surface area contributed by atoms with Gasteiger partial charge in [-0.3, -0.25) is 0 Å². The van der Waals surface area contributed by atoms with Crippen LogP contribution >= 0.6 is 15.9 Å². The zero-order chi connectivity index (χ0) is 45.6. The Morgan fingerprint density at radius 1 is 0.319 bits per heavy atom. The molecule has 0 spiro atoms. The highest BCUT2D eigenvalue weighted by molar-refractivity contribution is 9.10. The van der Waals surface area contributed by atoms with Gasteiger partial charge in [-0.15, -0.1) is 0 Å². The van der Waals surface area contributed by atoms with Gasteiger partial charge in [0.05, 0.1) is 11.0 Å². The van der Waals surface area contributed by atoms with E-state index in [1.54, 1.807) is 0 Å². The Bertz CT molecular complexity index is 4050. The molecule has 0 unspecified atom stereocenters. The molecule has 3 heteroatoms. The first-order chi connectivity index (χ1) is 34.1. The molecule has 0 aliphatic heterocycles. The Hall–Kier alpha value is -7.72. The third kappa shape index (κ3) is 6.90. The molecule has 0 saturated heterocycles. The van der Waals surface area contributed by atoms with Gasteiger partial charge in [-0.1, -0.05) is 149 Å². The number of aryl methyl sites for hydroxylation is 4. The van der Waals surface area contributed by atoms with E-state index < -0.39 is 0 Å². The number of halogens is 1. The Balaban J connectivity index is 0.000000113. The summed E-state index contributed by atoms with van der Waals surface area (Å²) < 4.78 is 3.65. The van der Waals surface area contributed by atoms with E-state index in [9.17, 15) is 0 Å². The van der Waals surface area contributed by atoms with Gasteiger partial charge < -0.3 is 9.55 Å². The number of hydrogen-bond donors (Lipinski definition) is 1. The lowest BCUT2D eigenvalue weighted by molar-refractivity contribution is 0.836. The number of benzene rings is 10. The molecule has 0 saturated carbocycles. The topological polar surface area (TPSA) is 20.7 Å². The number of fused-ring (bicyclic) bond motifs is 14. The molecule has 16 rings (SSSR count). The van der Waals surface area contributed by atoms with Gasteiger partial charge in [0, 0.05) is 42.7 Å². The lowest BCUT2D eigenvalue weighted by Crippen LogP contribution is -2.09. The predicted octanol–water partition coefficient (Wildman–Crippen LogP) is 17.2. The van der Waals surface area contributed by atoms with E-state index in [4.69, 9.17) is 0 Å². The minimum atomic E-state index is 1.04. The fourth-order valence-electron chi connectivity index (χ4n) is 11.5. The van der Waals surface area contributed by atoms with Gasteiger partial charge in [0.25, 0.3) is 0 Å². The summed E-state index contributed by atoms with van der Waals surface area (Å²) in [6.07, 6.45) is 7.06. The number of aromatic amines is 1. The summed E-state index contributed by atoms with van der Waals surface area (Å²) in [6, 6.07) is 76.1. The van der Waals surface area contributed by atoms with Crippen LogP contribution in [0.1, 0.15) is 44.5 Å². The summed E-state index contributed by atoms with van der Waals surface area (Å²) >= 11 is 3.43. The highest BCUT2D eigenvalue weighted by Gasteiger charge is 2.22. The Labute approximate surface area is 410 Å². The van der Waals surface area contributed by atoms with Crippen molar-refractivity contribution in [2.75, 3.05) is 0 Å². The molecular weight excluding hydrogens is 901 g/mol. The molecule has 0 amide bonds. The van der Waals surface area contributed by atoms with E-state index in [0.717, 1.165) is 12.8 Å². The van der Waals surface area contributed by atoms with Gasteiger partial charge in [-0.2, -0.15) is 0 Å². The molecule has 2 nitrogen and oxygen atoms in total. The number of aromatic nitrogens is 2. The molecule has 4 aliphatic rings. The first-order valence-corrected chi connectivity index (χ1v) is 25.2. The monoisotopic (exact) mass is 946 g/mol. The third-order valence-corrected chi connectivity index (χ3v) is 15.9. The van der Waals surface area contributed by atoms with Crippen molar-refractivity contribution in [1.82, 2.24) is 9.55 Å². The zero-order valence-corrected chi connectivity index (χ0v) is 39.8. The smallest absolute Gasteiger partial charge is 0.0541 e. The van der Waals surface area contributed by atoms with E-state index in [0.29, 0.717) is 0 Å². The van der Waals surface area contributed by atoms with Crippen LogP contribution in [0.15, 0.2) is 211 Å². The van der Waals surface area contributed by atoms with Gasteiger partial charge in [-0.05, 0) is 200 Å². The van der Waals surface area contributed by atoms with Crippen molar-refractivity contribution < 1.29 is 0 Å². The van der Waals surface area contributed by atoms with Crippen LogP contribution in [0.4, 0.5) is 0 Å². The van der Waals surface area contributed by atoms with E-state index >= 15 is 0 Å². The minimum absolute atomic E-state index is 1.04. The third-order valence-electron chi connectivity index (χ3n) is 15.4. The normalized spacial score (nSPS) is 13.2. The standard InChI is InChI=1S/C33H23N.C25H17N.C8H7Br/c1-2-6-28-25(5-1)17-26-12-11-23(19-30(26)28)24-14-16-33-31(20-24)29-7-3-4-8-32(29)34(33)27-15-13-21-9-10-22(21)18-27;1-2-6-20-18(5-1)13-19-10-9-16(14-22(19)20)17-11-12-25-23(15-17)21-7-3-4-8-24(21)26-25;9-8-4-3-6-1-2-7(6)5-8/h1-8,11-16,18-20H,9-10,17H2;1-12,14-15,26H,13H2;3-5H,1-2H2. The molecule has 0 bridgehead atoms. The second-order valence-electron chi connectivity index (χ2n) is 19.3. The molecule has 0 fully saturated rings. The van der Waals surface area contributed by atoms with Gasteiger partial charge in [0.15, 0.2) is 0 Å². The maximum Gasteiger partial charge on any atom is 0.0541 e. The predicted molar refractivity (Wildman–Crippen MR) is 293 cm³/mol. The summed E-state index contributed by atoms with van der Waals surface area (Å²) in [5, 5.41) is 5.21. The Kier molecular flexibility index (Phi) is 9.49. The van der Waals surface area contributed by atoms with E-state index in [1.165, 1.54) is 168 Å². The number of para-hydroxylation sites is 2. The summed E-state index contributed by atoms with van der Waals surface area (Å²) in [4.78, 5) is 3.51. The molecular formula is C66H47BrN2. The maximum atomic E-state index is 3.51. The van der Waals surface area contributed by atoms with Crippen LogP contribution in [0.3, 0.4) is 0 Å². The lowest BCUT2D eigenvalue weighted by Gasteiger charge is -2.20. The van der Waals surface area contributed by atoms with Gasteiger partial charge in [0.1, 0.15) is 0 Å². The number of nitrogens with zero attached hydrogens (tertiary/aromatic N) is 1. The Morgan fingerprint density at radius 2 is 0.812 bits per heavy atom. The van der Waals surface area contributed by atoms with Crippen LogP contribution in [0.5, 0.6) is 0 Å². The summed E-state index contributed by atoms with van der Waals surface area (Å²) in [7, 11) is 0.